The predicted octanol–water partition coefficient (Wildman–Crippen LogP) is 5.39. The number of pyridine rings is 1. The van der Waals surface area contributed by atoms with Crippen molar-refractivity contribution in [3.63, 3.8) is 0 Å². The summed E-state index contributed by atoms with van der Waals surface area (Å²) in [5.74, 6) is -1.71. The lowest BCUT2D eigenvalue weighted by Crippen LogP contribution is -2.29. The Balaban J connectivity index is 1.93. The average molecular weight is 489 g/mol. The van der Waals surface area contributed by atoms with Gasteiger partial charge in [0.15, 0.2) is 0 Å². The summed E-state index contributed by atoms with van der Waals surface area (Å²) in [6.45, 7) is 2.08. The van der Waals surface area contributed by atoms with E-state index in [1.807, 2.05) is 18.4 Å². The molecule has 1 saturated heterocycles. The van der Waals surface area contributed by atoms with Gasteiger partial charge < -0.3 is 14.7 Å². The third-order valence-corrected chi connectivity index (χ3v) is 6.83. The summed E-state index contributed by atoms with van der Waals surface area (Å²) in [4.78, 5) is 32.5. The lowest BCUT2D eigenvalue weighted by molar-refractivity contribution is -0.140. The lowest BCUT2D eigenvalue weighted by Gasteiger charge is -2.25. The number of ether oxygens (including phenoxy) is 1. The number of ketones is 1. The molecule has 6 nitrogen and oxygen atoms in total. The van der Waals surface area contributed by atoms with Crippen LogP contribution in [0.1, 0.15) is 27.6 Å². The molecule has 1 N–H and O–H groups in total. The van der Waals surface area contributed by atoms with E-state index in [-0.39, 0.29) is 39.2 Å². The van der Waals surface area contributed by atoms with Crippen molar-refractivity contribution in [2.75, 3.05) is 7.11 Å². The monoisotopic (exact) mass is 488 g/mol. The van der Waals surface area contributed by atoms with E-state index >= 15 is 0 Å². The van der Waals surface area contributed by atoms with Gasteiger partial charge in [-0.05, 0) is 53.8 Å². The minimum absolute atomic E-state index is 0.0359. The topological polar surface area (TPSA) is 79.7 Å². The van der Waals surface area contributed by atoms with Gasteiger partial charge in [-0.25, -0.2) is 0 Å². The van der Waals surface area contributed by atoms with Gasteiger partial charge in [0, 0.05) is 28.8 Å². The number of aliphatic hydroxyl groups excluding tert-OH is 1. The van der Waals surface area contributed by atoms with Crippen molar-refractivity contribution >= 4 is 52.0 Å². The Morgan fingerprint density at radius 1 is 1.22 bits per heavy atom. The van der Waals surface area contributed by atoms with Crippen LogP contribution in [0.15, 0.2) is 53.7 Å². The van der Waals surface area contributed by atoms with E-state index < -0.39 is 17.7 Å². The quantitative estimate of drug-likeness (QED) is 0.295. The highest BCUT2D eigenvalue weighted by molar-refractivity contribution is 7.10. The van der Waals surface area contributed by atoms with E-state index in [1.54, 1.807) is 24.5 Å². The molecular weight excluding hydrogens is 471 g/mol. The molecule has 0 spiro atoms. The summed E-state index contributed by atoms with van der Waals surface area (Å²) in [6, 6.07) is 7.61. The van der Waals surface area contributed by atoms with Crippen LogP contribution in [0.4, 0.5) is 0 Å². The molecule has 1 amide bonds. The third kappa shape index (κ3) is 3.88. The summed E-state index contributed by atoms with van der Waals surface area (Å²) in [7, 11) is 1.40. The van der Waals surface area contributed by atoms with Crippen LogP contribution in [0, 0.1) is 6.92 Å². The van der Waals surface area contributed by atoms with Gasteiger partial charge in [0.1, 0.15) is 17.6 Å². The van der Waals surface area contributed by atoms with Crippen LogP contribution in [0.25, 0.3) is 5.76 Å². The van der Waals surface area contributed by atoms with E-state index in [9.17, 15) is 14.7 Å². The SMILES string of the molecule is COc1c(Cl)cc(Cl)cc1/C(O)=C1\C(=O)C(=O)N(Cc2ccncc2)C1c1sccc1C. The van der Waals surface area contributed by atoms with E-state index in [4.69, 9.17) is 27.9 Å². The number of hydrogen-bond donors (Lipinski definition) is 1. The fraction of sp³-hybridized carbons (Fsp3) is 0.174. The molecule has 0 aliphatic carbocycles. The molecule has 3 aromatic rings. The van der Waals surface area contributed by atoms with Crippen molar-refractivity contribution in [3.8, 4) is 5.75 Å². The first-order valence-corrected chi connectivity index (χ1v) is 11.2. The van der Waals surface area contributed by atoms with Crippen LogP contribution in [-0.4, -0.2) is 33.8 Å². The lowest BCUT2D eigenvalue weighted by atomic mass is 9.97. The van der Waals surface area contributed by atoms with Gasteiger partial charge >= 0.3 is 0 Å². The van der Waals surface area contributed by atoms with Crippen LogP contribution >= 0.6 is 34.5 Å². The highest BCUT2D eigenvalue weighted by atomic mass is 35.5. The maximum Gasteiger partial charge on any atom is 0.295 e. The van der Waals surface area contributed by atoms with Crippen molar-refractivity contribution in [1.29, 1.82) is 0 Å². The molecular formula is C23H18Cl2N2O4S. The number of aliphatic hydroxyl groups is 1. The summed E-state index contributed by atoms with van der Waals surface area (Å²) >= 11 is 13.8. The molecule has 2 aromatic heterocycles. The number of benzene rings is 1. The zero-order valence-corrected chi connectivity index (χ0v) is 19.5. The molecule has 1 atom stereocenters. The third-order valence-electron chi connectivity index (χ3n) is 5.26. The standard InChI is InChI=1S/C23H18Cl2N2O4S/c1-12-5-8-32-22(12)18-17(19(28)15-9-14(24)10-16(25)21(15)31-2)20(29)23(30)27(18)11-13-3-6-26-7-4-13/h3-10,18,28H,11H2,1-2H3/b19-17+. The molecule has 1 unspecified atom stereocenters. The summed E-state index contributed by atoms with van der Waals surface area (Å²) in [5, 5.41) is 13.6. The number of thiophene rings is 1. The Morgan fingerprint density at radius 2 is 1.94 bits per heavy atom. The number of methoxy groups -OCH3 is 1. The summed E-state index contributed by atoms with van der Waals surface area (Å²) in [5.41, 5.74) is 1.82. The minimum Gasteiger partial charge on any atom is -0.507 e. The Hall–Kier alpha value is -2.87. The Kier molecular flexibility index (Phi) is 6.24. The predicted molar refractivity (Wildman–Crippen MR) is 124 cm³/mol. The zero-order valence-electron chi connectivity index (χ0n) is 17.1. The van der Waals surface area contributed by atoms with Crippen molar-refractivity contribution in [2.24, 2.45) is 0 Å². The number of aryl methyl sites for hydroxylation is 1. The highest BCUT2D eigenvalue weighted by Crippen LogP contribution is 2.45. The largest absolute Gasteiger partial charge is 0.507 e. The zero-order chi connectivity index (χ0) is 23.0. The molecule has 1 aliphatic rings. The first kappa shape index (κ1) is 22.3. The molecule has 0 bridgehead atoms. The van der Waals surface area contributed by atoms with Crippen molar-refractivity contribution in [1.82, 2.24) is 9.88 Å². The fourth-order valence-electron chi connectivity index (χ4n) is 3.75. The van der Waals surface area contributed by atoms with E-state index in [1.165, 1.54) is 35.5 Å². The van der Waals surface area contributed by atoms with Gasteiger partial charge in [0.25, 0.3) is 11.7 Å². The van der Waals surface area contributed by atoms with Crippen LogP contribution in [0.5, 0.6) is 5.75 Å². The fourth-order valence-corrected chi connectivity index (χ4v) is 5.37. The van der Waals surface area contributed by atoms with Gasteiger partial charge in [0.05, 0.1) is 23.3 Å². The van der Waals surface area contributed by atoms with Crippen LogP contribution < -0.4 is 4.74 Å². The van der Waals surface area contributed by atoms with Crippen molar-refractivity contribution in [3.05, 3.63) is 85.3 Å². The van der Waals surface area contributed by atoms with E-state index in [2.05, 4.69) is 4.98 Å². The molecule has 1 aliphatic heterocycles. The average Bonchev–Trinajstić information content (AvgIpc) is 3.29. The van der Waals surface area contributed by atoms with Crippen LogP contribution in [0.3, 0.4) is 0 Å². The number of amides is 1. The number of halogens is 2. The van der Waals surface area contributed by atoms with Gasteiger partial charge in [-0.2, -0.15) is 0 Å². The van der Waals surface area contributed by atoms with Crippen molar-refractivity contribution in [2.45, 2.75) is 19.5 Å². The Labute approximate surface area is 198 Å². The van der Waals surface area contributed by atoms with Crippen LogP contribution in [-0.2, 0) is 16.1 Å². The van der Waals surface area contributed by atoms with Gasteiger partial charge in [-0.3, -0.25) is 14.6 Å². The van der Waals surface area contributed by atoms with E-state index in [0.29, 0.717) is 0 Å². The minimum atomic E-state index is -0.785. The van der Waals surface area contributed by atoms with E-state index in [0.717, 1.165) is 16.0 Å². The van der Waals surface area contributed by atoms with Crippen molar-refractivity contribution < 1.29 is 19.4 Å². The molecule has 1 aromatic carbocycles. The number of rotatable bonds is 5. The molecule has 4 rings (SSSR count). The second kappa shape index (κ2) is 8.94. The maximum atomic E-state index is 13.2. The first-order valence-electron chi connectivity index (χ1n) is 9.58. The number of carbonyl (C=O) groups is 2. The molecule has 9 heteroatoms. The first-order chi connectivity index (χ1) is 15.3. The molecule has 3 heterocycles. The van der Waals surface area contributed by atoms with Gasteiger partial charge in [-0.1, -0.05) is 23.2 Å². The number of aromatic nitrogens is 1. The number of hydrogen-bond acceptors (Lipinski definition) is 6. The summed E-state index contributed by atoms with van der Waals surface area (Å²) < 4.78 is 5.35. The maximum absolute atomic E-state index is 13.2. The summed E-state index contributed by atoms with van der Waals surface area (Å²) in [6.07, 6.45) is 3.24. The number of carbonyl (C=O) groups excluding carboxylic acids is 2. The molecule has 0 radical (unpaired) electrons. The Bertz CT molecular complexity index is 1240. The second-order valence-electron chi connectivity index (χ2n) is 7.22. The molecule has 164 valence electrons. The number of Topliss-reactive ketones (excluding diaryl/α,β-unsaturated/α-hetero) is 1. The van der Waals surface area contributed by atoms with Gasteiger partial charge in [0.2, 0.25) is 0 Å². The van der Waals surface area contributed by atoms with Crippen LogP contribution in [0.2, 0.25) is 10.0 Å². The normalized spacial score (nSPS) is 17.8. The molecule has 32 heavy (non-hydrogen) atoms. The second-order valence-corrected chi connectivity index (χ2v) is 9.01. The smallest absolute Gasteiger partial charge is 0.295 e. The molecule has 0 saturated carbocycles. The highest BCUT2D eigenvalue weighted by Gasteiger charge is 2.47. The number of nitrogens with zero attached hydrogens (tertiary/aromatic N) is 2. The molecule has 1 fully saturated rings. The Morgan fingerprint density at radius 3 is 2.56 bits per heavy atom. The number of likely N-dealkylation sites (tertiary alicyclic amines) is 1. The van der Waals surface area contributed by atoms with Gasteiger partial charge in [-0.15, -0.1) is 11.3 Å².